The number of aromatic nitrogens is 4. The number of aryl methyl sites for hydroxylation is 3. The van der Waals surface area contributed by atoms with Gasteiger partial charge in [0.1, 0.15) is 12.1 Å². The topological polar surface area (TPSA) is 52.7 Å². The molecule has 0 fully saturated rings. The Kier molecular flexibility index (Phi) is 2.38. The molecular weight excluding hydrogens is 204 g/mol. The van der Waals surface area contributed by atoms with E-state index in [-0.39, 0.29) is 0 Å². The lowest BCUT2D eigenvalue weighted by Crippen LogP contribution is -2.05. The lowest BCUT2D eigenvalue weighted by Gasteiger charge is -2.06. The highest BCUT2D eigenvalue weighted by atomic mass is 16.1. The summed E-state index contributed by atoms with van der Waals surface area (Å²) in [6.07, 6.45) is 2.56. The standard InChI is InChI=1S/C11H14N4O/c1-7-9(3)15(6-12-7)11-10(5-16)8(2)13-14(11)4/h5-6H,1-4H3. The molecule has 0 saturated heterocycles. The summed E-state index contributed by atoms with van der Waals surface area (Å²) >= 11 is 0. The maximum absolute atomic E-state index is 11.1. The van der Waals surface area contributed by atoms with Crippen LogP contribution in [0.25, 0.3) is 5.82 Å². The number of nitrogens with zero attached hydrogens (tertiary/aromatic N) is 4. The van der Waals surface area contributed by atoms with Crippen molar-refractivity contribution in [1.82, 2.24) is 19.3 Å². The first-order valence-electron chi connectivity index (χ1n) is 5.06. The molecule has 2 heterocycles. The molecule has 0 amide bonds. The van der Waals surface area contributed by atoms with E-state index in [1.807, 2.05) is 32.4 Å². The van der Waals surface area contributed by atoms with Crippen LogP contribution in [0.4, 0.5) is 0 Å². The summed E-state index contributed by atoms with van der Waals surface area (Å²) in [5, 5.41) is 4.25. The third-order valence-electron chi connectivity index (χ3n) is 2.84. The summed E-state index contributed by atoms with van der Waals surface area (Å²) < 4.78 is 3.59. The van der Waals surface area contributed by atoms with Gasteiger partial charge in [-0.15, -0.1) is 0 Å². The predicted molar refractivity (Wildman–Crippen MR) is 59.9 cm³/mol. The van der Waals surface area contributed by atoms with Crippen molar-refractivity contribution in [3.8, 4) is 5.82 Å². The van der Waals surface area contributed by atoms with Crippen LogP contribution in [0.15, 0.2) is 6.33 Å². The van der Waals surface area contributed by atoms with Crippen LogP contribution in [0.3, 0.4) is 0 Å². The number of hydrogen-bond donors (Lipinski definition) is 0. The molecule has 0 spiro atoms. The summed E-state index contributed by atoms with van der Waals surface area (Å²) in [6, 6.07) is 0. The molecule has 2 aromatic heterocycles. The van der Waals surface area contributed by atoms with Crippen LogP contribution < -0.4 is 0 Å². The summed E-state index contributed by atoms with van der Waals surface area (Å²) in [6.45, 7) is 5.74. The monoisotopic (exact) mass is 218 g/mol. The van der Waals surface area contributed by atoms with Gasteiger partial charge in [0.05, 0.1) is 17.0 Å². The average molecular weight is 218 g/mol. The average Bonchev–Trinajstić information content (AvgIpc) is 2.69. The van der Waals surface area contributed by atoms with E-state index in [1.54, 1.807) is 11.0 Å². The van der Waals surface area contributed by atoms with Crippen molar-refractivity contribution in [1.29, 1.82) is 0 Å². The van der Waals surface area contributed by atoms with Crippen molar-refractivity contribution in [3.63, 3.8) is 0 Å². The minimum Gasteiger partial charge on any atom is -0.298 e. The summed E-state index contributed by atoms with van der Waals surface area (Å²) in [4.78, 5) is 15.3. The lowest BCUT2D eigenvalue weighted by molar-refractivity contribution is 0.112. The van der Waals surface area contributed by atoms with Gasteiger partial charge in [-0.3, -0.25) is 14.0 Å². The highest BCUT2D eigenvalue weighted by molar-refractivity contribution is 5.81. The first-order chi connectivity index (χ1) is 7.56. The number of carbonyl (C=O) groups excluding carboxylic acids is 1. The zero-order chi connectivity index (χ0) is 11.9. The van der Waals surface area contributed by atoms with E-state index in [1.165, 1.54) is 0 Å². The third-order valence-corrected chi connectivity index (χ3v) is 2.84. The molecule has 2 aromatic rings. The Morgan fingerprint density at radius 1 is 1.25 bits per heavy atom. The molecule has 5 nitrogen and oxygen atoms in total. The van der Waals surface area contributed by atoms with Crippen LogP contribution in [-0.2, 0) is 7.05 Å². The first-order valence-corrected chi connectivity index (χ1v) is 5.06. The third kappa shape index (κ3) is 1.36. The number of hydrogen-bond acceptors (Lipinski definition) is 3. The van der Waals surface area contributed by atoms with Crippen LogP contribution in [-0.4, -0.2) is 25.6 Å². The largest absolute Gasteiger partial charge is 0.298 e. The van der Waals surface area contributed by atoms with Gasteiger partial charge in [-0.25, -0.2) is 4.98 Å². The fourth-order valence-corrected chi connectivity index (χ4v) is 1.80. The van der Waals surface area contributed by atoms with Crippen molar-refractivity contribution in [2.45, 2.75) is 20.8 Å². The molecule has 5 heteroatoms. The Morgan fingerprint density at radius 2 is 1.94 bits per heavy atom. The van der Waals surface area contributed by atoms with Gasteiger partial charge in [0.2, 0.25) is 0 Å². The predicted octanol–water partition coefficient (Wildman–Crippen LogP) is 1.34. The molecule has 0 unspecified atom stereocenters. The molecule has 0 atom stereocenters. The Labute approximate surface area is 93.7 Å². The Morgan fingerprint density at radius 3 is 2.44 bits per heavy atom. The summed E-state index contributed by atoms with van der Waals surface area (Å²) in [5.74, 6) is 0.769. The molecule has 0 radical (unpaired) electrons. The van der Waals surface area contributed by atoms with Gasteiger partial charge in [0, 0.05) is 12.7 Å². The smallest absolute Gasteiger partial charge is 0.155 e. The van der Waals surface area contributed by atoms with Gasteiger partial charge in [-0.05, 0) is 20.8 Å². The van der Waals surface area contributed by atoms with Gasteiger partial charge < -0.3 is 0 Å². The number of imidazole rings is 1. The molecule has 0 aliphatic carbocycles. The van der Waals surface area contributed by atoms with Crippen molar-refractivity contribution in [2.24, 2.45) is 7.05 Å². The number of rotatable bonds is 2. The molecule has 0 N–H and O–H groups in total. The molecule has 0 aliphatic heterocycles. The van der Waals surface area contributed by atoms with Crippen LogP contribution in [0, 0.1) is 20.8 Å². The minimum atomic E-state index is 0.614. The van der Waals surface area contributed by atoms with Crippen LogP contribution in [0.5, 0.6) is 0 Å². The fraction of sp³-hybridized carbons (Fsp3) is 0.364. The van der Waals surface area contributed by atoms with Gasteiger partial charge in [-0.1, -0.05) is 0 Å². The molecule has 2 rings (SSSR count). The molecule has 16 heavy (non-hydrogen) atoms. The van der Waals surface area contributed by atoms with E-state index in [0.717, 1.165) is 29.2 Å². The van der Waals surface area contributed by atoms with Crippen LogP contribution in [0.1, 0.15) is 27.4 Å². The van der Waals surface area contributed by atoms with E-state index >= 15 is 0 Å². The van der Waals surface area contributed by atoms with Gasteiger partial charge in [0.25, 0.3) is 0 Å². The Bertz CT molecular complexity index is 551. The molecular formula is C11H14N4O. The Balaban J connectivity index is 2.73. The second-order valence-corrected chi connectivity index (χ2v) is 3.85. The van der Waals surface area contributed by atoms with Crippen LogP contribution in [0.2, 0.25) is 0 Å². The van der Waals surface area contributed by atoms with E-state index in [2.05, 4.69) is 10.1 Å². The molecule has 0 aliphatic rings. The van der Waals surface area contributed by atoms with E-state index in [0.29, 0.717) is 5.56 Å². The van der Waals surface area contributed by atoms with Crippen molar-refractivity contribution < 1.29 is 4.79 Å². The zero-order valence-corrected chi connectivity index (χ0v) is 9.85. The molecule has 0 aromatic carbocycles. The van der Waals surface area contributed by atoms with Gasteiger partial charge in [0.15, 0.2) is 6.29 Å². The molecule has 0 bridgehead atoms. The van der Waals surface area contributed by atoms with Gasteiger partial charge in [-0.2, -0.15) is 5.10 Å². The van der Waals surface area contributed by atoms with Crippen molar-refractivity contribution in [2.75, 3.05) is 0 Å². The fourth-order valence-electron chi connectivity index (χ4n) is 1.80. The minimum absolute atomic E-state index is 0.614. The maximum atomic E-state index is 11.1. The second-order valence-electron chi connectivity index (χ2n) is 3.85. The van der Waals surface area contributed by atoms with Crippen LogP contribution >= 0.6 is 0 Å². The van der Waals surface area contributed by atoms with E-state index in [4.69, 9.17) is 0 Å². The lowest BCUT2D eigenvalue weighted by atomic mass is 10.2. The van der Waals surface area contributed by atoms with Gasteiger partial charge >= 0.3 is 0 Å². The second kappa shape index (κ2) is 3.59. The SMILES string of the molecule is Cc1nn(C)c(-n2cnc(C)c2C)c1C=O. The Hall–Kier alpha value is -1.91. The normalized spacial score (nSPS) is 10.8. The highest BCUT2D eigenvalue weighted by Gasteiger charge is 2.16. The molecule has 0 saturated carbocycles. The van der Waals surface area contributed by atoms with E-state index in [9.17, 15) is 4.79 Å². The highest BCUT2D eigenvalue weighted by Crippen LogP contribution is 2.18. The number of aldehydes is 1. The zero-order valence-electron chi connectivity index (χ0n) is 9.85. The maximum Gasteiger partial charge on any atom is 0.155 e. The quantitative estimate of drug-likeness (QED) is 0.715. The molecule has 84 valence electrons. The summed E-state index contributed by atoms with van der Waals surface area (Å²) in [7, 11) is 1.82. The number of carbonyl (C=O) groups is 1. The first kappa shape index (κ1) is 10.6. The van der Waals surface area contributed by atoms with Crippen molar-refractivity contribution >= 4 is 6.29 Å². The van der Waals surface area contributed by atoms with Crippen molar-refractivity contribution in [3.05, 3.63) is 29.0 Å². The van der Waals surface area contributed by atoms with E-state index < -0.39 is 0 Å². The summed E-state index contributed by atoms with van der Waals surface area (Å²) in [5.41, 5.74) is 3.32.